The van der Waals surface area contributed by atoms with Gasteiger partial charge >= 0.3 is 17.9 Å². The molecule has 6 rings (SSSR count). The van der Waals surface area contributed by atoms with Crippen LogP contribution >= 0.6 is 0 Å². The van der Waals surface area contributed by atoms with E-state index >= 15 is 0 Å². The zero-order valence-corrected chi connectivity index (χ0v) is 33.8. The average Bonchev–Trinajstić information content (AvgIpc) is 3.59. The van der Waals surface area contributed by atoms with Gasteiger partial charge in [0.05, 0.1) is 39.6 Å². The Hall–Kier alpha value is -5.03. The van der Waals surface area contributed by atoms with Crippen molar-refractivity contribution in [3.8, 4) is 0 Å². The fourth-order valence-electron chi connectivity index (χ4n) is 7.06. The van der Waals surface area contributed by atoms with E-state index in [9.17, 15) is 19.5 Å². The Kier molecular flexibility index (Phi) is 16.7. The molecule has 0 bridgehead atoms. The highest BCUT2D eigenvalue weighted by Crippen LogP contribution is 2.35. The van der Waals surface area contributed by atoms with Gasteiger partial charge in [0.2, 0.25) is 0 Å². The van der Waals surface area contributed by atoms with E-state index < -0.39 is 79.3 Å². The summed E-state index contributed by atoms with van der Waals surface area (Å²) in [6.07, 6.45) is -11.6. The number of hydrogen-bond donors (Lipinski definition) is 1. The molecule has 320 valence electrons. The van der Waals surface area contributed by atoms with Crippen molar-refractivity contribution in [1.82, 2.24) is 0 Å². The van der Waals surface area contributed by atoms with Crippen LogP contribution in [0.3, 0.4) is 0 Å². The molecule has 0 amide bonds. The van der Waals surface area contributed by atoms with Crippen LogP contribution in [0.1, 0.15) is 43.0 Å². The van der Waals surface area contributed by atoms with Crippen molar-refractivity contribution in [3.05, 3.63) is 144 Å². The lowest BCUT2D eigenvalue weighted by molar-refractivity contribution is -0.305. The van der Waals surface area contributed by atoms with Crippen molar-refractivity contribution in [2.45, 2.75) is 109 Å². The summed E-state index contributed by atoms with van der Waals surface area (Å²) in [5.41, 5.74) is 3.72. The highest BCUT2D eigenvalue weighted by Gasteiger charge is 2.54. The third-order valence-corrected chi connectivity index (χ3v) is 9.78. The van der Waals surface area contributed by atoms with Crippen LogP contribution in [-0.4, -0.2) is 97.6 Å². The van der Waals surface area contributed by atoms with Gasteiger partial charge in [0, 0.05) is 20.8 Å². The first kappa shape index (κ1) is 44.5. The first-order chi connectivity index (χ1) is 29.1. The Morgan fingerprint density at radius 1 is 0.533 bits per heavy atom. The summed E-state index contributed by atoms with van der Waals surface area (Å²) >= 11 is 0. The van der Waals surface area contributed by atoms with Gasteiger partial charge in [0.25, 0.3) is 0 Å². The largest absolute Gasteiger partial charge is 0.456 e. The highest BCUT2D eigenvalue weighted by molar-refractivity contribution is 5.68. The summed E-state index contributed by atoms with van der Waals surface area (Å²) in [6, 6.07) is 38.8. The quantitative estimate of drug-likeness (QED) is 0.0912. The summed E-state index contributed by atoms with van der Waals surface area (Å²) < 4.78 is 61.7. The third kappa shape index (κ3) is 13.0. The summed E-state index contributed by atoms with van der Waals surface area (Å²) in [5.74, 6) is -2.29. The molecule has 2 saturated heterocycles. The van der Waals surface area contributed by atoms with Gasteiger partial charge in [0.1, 0.15) is 30.5 Å². The van der Waals surface area contributed by atoms with E-state index in [4.69, 9.17) is 47.4 Å². The lowest BCUT2D eigenvalue weighted by Gasteiger charge is -2.43. The van der Waals surface area contributed by atoms with Crippen molar-refractivity contribution in [1.29, 1.82) is 0 Å². The lowest BCUT2D eigenvalue weighted by Crippen LogP contribution is -2.62. The SMILES string of the molecule is CC(=O)O[C@@H]1[C@@H](OC(C)=O)[C@@H](O)O[C@H](CO[C@H]2O[C@@H]([C@@H](COCc3ccccc3)OCc3ccccc3)[C@H](OCc3ccccc3)[C@H]2OCc2ccccc2)[C@H]1OC(C)=O. The zero-order chi connectivity index (χ0) is 42.3. The highest BCUT2D eigenvalue weighted by atomic mass is 16.7. The van der Waals surface area contributed by atoms with Gasteiger partial charge in [-0.05, 0) is 22.3 Å². The Morgan fingerprint density at radius 3 is 1.50 bits per heavy atom. The lowest BCUT2D eigenvalue weighted by atomic mass is 9.98. The summed E-state index contributed by atoms with van der Waals surface area (Å²) in [5, 5.41) is 11.0. The van der Waals surface area contributed by atoms with Crippen molar-refractivity contribution >= 4 is 17.9 Å². The predicted molar refractivity (Wildman–Crippen MR) is 213 cm³/mol. The van der Waals surface area contributed by atoms with Gasteiger partial charge in [-0.1, -0.05) is 121 Å². The van der Waals surface area contributed by atoms with E-state index in [1.54, 1.807) is 0 Å². The first-order valence-electron chi connectivity index (χ1n) is 19.8. The summed E-state index contributed by atoms with van der Waals surface area (Å²) in [6.45, 7) is 4.10. The van der Waals surface area contributed by atoms with Crippen molar-refractivity contribution in [2.24, 2.45) is 0 Å². The molecule has 60 heavy (non-hydrogen) atoms. The maximum absolute atomic E-state index is 12.4. The predicted octanol–water partition coefficient (Wildman–Crippen LogP) is 5.21. The number of ether oxygens (including phenoxy) is 10. The molecule has 0 radical (unpaired) electrons. The van der Waals surface area contributed by atoms with E-state index in [1.165, 1.54) is 0 Å². The number of hydrogen-bond acceptors (Lipinski definition) is 14. The zero-order valence-electron chi connectivity index (χ0n) is 33.8. The molecule has 0 unspecified atom stereocenters. The van der Waals surface area contributed by atoms with Crippen LogP contribution in [0.25, 0.3) is 0 Å². The van der Waals surface area contributed by atoms with Gasteiger partial charge in [-0.2, -0.15) is 0 Å². The van der Waals surface area contributed by atoms with Gasteiger partial charge < -0.3 is 52.5 Å². The second-order valence-corrected chi connectivity index (χ2v) is 14.4. The summed E-state index contributed by atoms with van der Waals surface area (Å²) in [4.78, 5) is 36.7. The van der Waals surface area contributed by atoms with E-state index in [0.717, 1.165) is 43.0 Å². The van der Waals surface area contributed by atoms with E-state index in [0.29, 0.717) is 6.61 Å². The van der Waals surface area contributed by atoms with Gasteiger partial charge in [-0.15, -0.1) is 0 Å². The molecule has 1 N–H and O–H groups in total. The van der Waals surface area contributed by atoms with Crippen molar-refractivity contribution < 1.29 is 66.9 Å². The number of aliphatic hydroxyl groups excluding tert-OH is 1. The second kappa shape index (κ2) is 22.5. The smallest absolute Gasteiger partial charge is 0.303 e. The number of carbonyl (C=O) groups excluding carboxylic acids is 3. The Balaban J connectivity index is 1.31. The van der Waals surface area contributed by atoms with E-state index in [2.05, 4.69) is 0 Å². The van der Waals surface area contributed by atoms with Crippen LogP contribution in [-0.2, 0) is 88.2 Å². The maximum atomic E-state index is 12.4. The molecule has 14 heteroatoms. The molecule has 14 nitrogen and oxygen atoms in total. The molecule has 0 aromatic heterocycles. The fraction of sp³-hybridized carbons (Fsp3) is 0.413. The van der Waals surface area contributed by atoms with Crippen LogP contribution < -0.4 is 0 Å². The maximum Gasteiger partial charge on any atom is 0.303 e. The molecule has 10 atom stereocenters. The topological polar surface area (TPSA) is 164 Å². The van der Waals surface area contributed by atoms with Gasteiger partial charge in [-0.3, -0.25) is 14.4 Å². The molecule has 4 aromatic carbocycles. The first-order valence-corrected chi connectivity index (χ1v) is 19.8. The van der Waals surface area contributed by atoms with Crippen LogP contribution in [0.2, 0.25) is 0 Å². The average molecular weight is 829 g/mol. The molecule has 0 saturated carbocycles. The number of aliphatic hydroxyl groups is 1. The number of rotatable bonds is 20. The Labute approximate surface area is 349 Å². The van der Waals surface area contributed by atoms with Crippen LogP contribution in [0.4, 0.5) is 0 Å². The molecule has 2 heterocycles. The van der Waals surface area contributed by atoms with Crippen LogP contribution in [0.15, 0.2) is 121 Å². The standard InChI is InChI=1S/C46H52O14/c1-30(47)56-40-38(59-45(50)43(58-32(3)49)42(40)57-31(2)48)29-55-46-44(54-27-36-22-14-7-15-23-36)41(53-26-35-20-12-6-13-21-35)39(60-46)37(52-25-34-18-10-5-11-19-34)28-51-24-33-16-8-4-9-17-33/h4-23,37-46,50H,24-29H2,1-3H3/t37-,38-,39+,40-,41+,42+,43-,44-,45+,46+/m1/s1. The minimum Gasteiger partial charge on any atom is -0.456 e. The number of esters is 3. The molecule has 2 fully saturated rings. The molecule has 0 aliphatic carbocycles. The van der Waals surface area contributed by atoms with Crippen LogP contribution in [0.5, 0.6) is 0 Å². The second-order valence-electron chi connectivity index (χ2n) is 14.4. The minimum absolute atomic E-state index is 0.115. The van der Waals surface area contributed by atoms with E-state index in [-0.39, 0.29) is 33.0 Å². The molecule has 4 aromatic rings. The fourth-order valence-corrected chi connectivity index (χ4v) is 7.06. The summed E-state index contributed by atoms with van der Waals surface area (Å²) in [7, 11) is 0. The molecular formula is C46H52O14. The minimum atomic E-state index is -1.78. The third-order valence-electron chi connectivity index (χ3n) is 9.78. The Morgan fingerprint density at radius 2 is 0.983 bits per heavy atom. The van der Waals surface area contributed by atoms with Crippen LogP contribution in [0, 0.1) is 0 Å². The Bertz CT molecular complexity index is 1900. The number of carbonyl (C=O) groups is 3. The molecular weight excluding hydrogens is 776 g/mol. The number of benzene rings is 4. The molecule has 2 aliphatic rings. The molecule has 2 aliphatic heterocycles. The monoisotopic (exact) mass is 828 g/mol. The molecule has 0 spiro atoms. The van der Waals surface area contributed by atoms with Gasteiger partial charge in [-0.25, -0.2) is 0 Å². The van der Waals surface area contributed by atoms with Gasteiger partial charge in [0.15, 0.2) is 30.9 Å². The normalized spacial score (nSPS) is 25.6. The van der Waals surface area contributed by atoms with Crippen molar-refractivity contribution in [2.75, 3.05) is 13.2 Å². The van der Waals surface area contributed by atoms with E-state index in [1.807, 2.05) is 121 Å². The van der Waals surface area contributed by atoms with Crippen molar-refractivity contribution in [3.63, 3.8) is 0 Å².